The molecule has 0 saturated heterocycles. The highest BCUT2D eigenvalue weighted by Crippen LogP contribution is 2.31. The maximum absolute atomic E-state index is 12.1. The minimum Gasteiger partial charge on any atom is -0.374 e. The lowest BCUT2D eigenvalue weighted by atomic mass is 10.0. The van der Waals surface area contributed by atoms with Crippen LogP contribution in [0.3, 0.4) is 0 Å². The molecule has 1 nitrogen and oxygen atoms in total. The first-order valence-electron chi connectivity index (χ1n) is 3.56. The van der Waals surface area contributed by atoms with E-state index in [0.29, 0.717) is 5.70 Å². The Morgan fingerprint density at radius 3 is 2.58 bits per heavy atom. The minimum atomic E-state index is -4.13. The van der Waals surface area contributed by atoms with Crippen molar-refractivity contribution >= 4 is 0 Å². The fourth-order valence-corrected chi connectivity index (χ4v) is 1.04. The predicted molar refractivity (Wildman–Crippen MR) is 40.5 cm³/mol. The average Bonchev–Trinajstić information content (AvgIpc) is 1.92. The molecule has 1 heterocycles. The summed E-state index contributed by atoms with van der Waals surface area (Å²) in [6, 6.07) is 0. The van der Waals surface area contributed by atoms with Crippen molar-refractivity contribution in [3.05, 3.63) is 24.4 Å². The van der Waals surface area contributed by atoms with Crippen LogP contribution in [0.5, 0.6) is 0 Å². The number of hydrogen-bond donors (Lipinski definition) is 0. The molecule has 12 heavy (non-hydrogen) atoms. The first-order valence-corrected chi connectivity index (χ1v) is 3.56. The predicted octanol–water partition coefficient (Wildman–Crippen LogP) is 2.18. The summed E-state index contributed by atoms with van der Waals surface area (Å²) >= 11 is 0. The van der Waals surface area contributed by atoms with Crippen molar-refractivity contribution in [1.29, 1.82) is 0 Å². The zero-order chi connectivity index (χ0) is 9.35. The summed E-state index contributed by atoms with van der Waals surface area (Å²) in [7, 11) is 1.60. The van der Waals surface area contributed by atoms with Gasteiger partial charge in [-0.15, -0.1) is 0 Å². The smallest absolute Gasteiger partial charge is 0.374 e. The van der Waals surface area contributed by atoms with Crippen LogP contribution in [-0.2, 0) is 0 Å². The third-order valence-corrected chi connectivity index (χ3v) is 1.90. The lowest BCUT2D eigenvalue weighted by Gasteiger charge is -2.29. The maximum Gasteiger partial charge on any atom is 0.396 e. The van der Waals surface area contributed by atoms with Gasteiger partial charge in [0.1, 0.15) is 0 Å². The fraction of sp³-hybridized carbons (Fsp3) is 0.500. The second kappa shape index (κ2) is 2.84. The summed E-state index contributed by atoms with van der Waals surface area (Å²) < 4.78 is 36.4. The highest BCUT2D eigenvalue weighted by atomic mass is 19.4. The molecule has 1 rings (SSSR count). The van der Waals surface area contributed by atoms with Gasteiger partial charge in [0.05, 0.1) is 5.92 Å². The second-order valence-electron chi connectivity index (χ2n) is 2.88. The molecular weight excluding hydrogens is 167 g/mol. The van der Waals surface area contributed by atoms with Gasteiger partial charge in [0.2, 0.25) is 0 Å². The van der Waals surface area contributed by atoms with Gasteiger partial charge in [-0.25, -0.2) is 0 Å². The first kappa shape index (κ1) is 9.16. The van der Waals surface area contributed by atoms with Gasteiger partial charge in [-0.05, 0) is 6.08 Å². The van der Waals surface area contributed by atoms with Crippen LogP contribution in [0.25, 0.3) is 0 Å². The van der Waals surface area contributed by atoms with E-state index in [1.165, 1.54) is 11.0 Å². The second-order valence-corrected chi connectivity index (χ2v) is 2.88. The summed E-state index contributed by atoms with van der Waals surface area (Å²) in [6.07, 6.45) is -1.57. The molecule has 0 aromatic heterocycles. The van der Waals surface area contributed by atoms with Gasteiger partial charge in [0.15, 0.2) is 0 Å². The average molecular weight is 177 g/mol. The molecule has 0 aliphatic carbocycles. The number of halogens is 3. The van der Waals surface area contributed by atoms with Crippen molar-refractivity contribution in [3.63, 3.8) is 0 Å². The maximum atomic E-state index is 12.1. The summed E-state index contributed by atoms with van der Waals surface area (Å²) in [6.45, 7) is 3.55. The largest absolute Gasteiger partial charge is 0.396 e. The topological polar surface area (TPSA) is 3.24 Å². The van der Waals surface area contributed by atoms with Crippen LogP contribution in [0.4, 0.5) is 13.2 Å². The lowest BCUT2D eigenvalue weighted by molar-refractivity contribution is -0.164. The van der Waals surface area contributed by atoms with Gasteiger partial charge in [0, 0.05) is 19.3 Å². The lowest BCUT2D eigenvalue weighted by Crippen LogP contribution is -2.35. The van der Waals surface area contributed by atoms with Crippen LogP contribution in [0, 0.1) is 5.92 Å². The van der Waals surface area contributed by atoms with Gasteiger partial charge >= 0.3 is 6.18 Å². The van der Waals surface area contributed by atoms with Gasteiger partial charge in [-0.2, -0.15) is 13.2 Å². The molecule has 0 spiro atoms. The SMILES string of the molecule is C=C1C=CC(C(F)(F)F)CN1C. The Labute approximate surface area is 69.2 Å². The Morgan fingerprint density at radius 2 is 2.17 bits per heavy atom. The van der Waals surface area contributed by atoms with Crippen molar-refractivity contribution in [2.45, 2.75) is 6.18 Å². The Bertz CT molecular complexity index is 217. The van der Waals surface area contributed by atoms with Crippen LogP contribution in [-0.4, -0.2) is 24.7 Å². The van der Waals surface area contributed by atoms with E-state index in [4.69, 9.17) is 0 Å². The van der Waals surface area contributed by atoms with Gasteiger partial charge in [-0.3, -0.25) is 0 Å². The number of allylic oxidation sites excluding steroid dienone is 1. The van der Waals surface area contributed by atoms with Gasteiger partial charge in [-0.1, -0.05) is 12.7 Å². The molecule has 0 N–H and O–H groups in total. The Morgan fingerprint density at radius 1 is 1.58 bits per heavy atom. The molecule has 0 aromatic rings. The Kier molecular flexibility index (Phi) is 2.17. The summed E-state index contributed by atoms with van der Waals surface area (Å²) in [5.41, 5.74) is 0.621. The quantitative estimate of drug-likeness (QED) is 0.548. The monoisotopic (exact) mass is 177 g/mol. The minimum absolute atomic E-state index is 0.0289. The highest BCUT2D eigenvalue weighted by Gasteiger charge is 2.39. The molecule has 1 aliphatic rings. The first-order chi connectivity index (χ1) is 5.41. The molecule has 1 aliphatic heterocycles. The van der Waals surface area contributed by atoms with E-state index >= 15 is 0 Å². The fourth-order valence-electron chi connectivity index (χ4n) is 1.04. The molecule has 0 fully saturated rings. The van der Waals surface area contributed by atoms with E-state index in [-0.39, 0.29) is 6.54 Å². The van der Waals surface area contributed by atoms with Crippen molar-refractivity contribution in [2.24, 2.45) is 5.92 Å². The van der Waals surface area contributed by atoms with Crippen LogP contribution in [0.1, 0.15) is 0 Å². The van der Waals surface area contributed by atoms with E-state index in [1.807, 2.05) is 0 Å². The number of likely N-dealkylation sites (N-methyl/N-ethyl adjacent to an activating group) is 1. The molecular formula is C8H10F3N. The number of alkyl halides is 3. The molecule has 0 bridgehead atoms. The van der Waals surface area contributed by atoms with Crippen molar-refractivity contribution in [1.82, 2.24) is 4.90 Å². The number of nitrogens with zero attached hydrogens (tertiary/aromatic N) is 1. The standard InChI is InChI=1S/C8H10F3N/c1-6-3-4-7(5-12(6)2)8(9,10)11/h3-4,7H,1,5H2,2H3. The van der Waals surface area contributed by atoms with Gasteiger partial charge in [0.25, 0.3) is 0 Å². The van der Waals surface area contributed by atoms with Crippen molar-refractivity contribution in [3.8, 4) is 0 Å². The van der Waals surface area contributed by atoms with E-state index in [0.717, 1.165) is 6.08 Å². The normalized spacial score (nSPS) is 24.8. The van der Waals surface area contributed by atoms with E-state index in [2.05, 4.69) is 6.58 Å². The molecule has 68 valence electrons. The molecule has 1 unspecified atom stereocenters. The van der Waals surface area contributed by atoms with Crippen LogP contribution >= 0.6 is 0 Å². The molecule has 0 saturated carbocycles. The molecule has 4 heteroatoms. The van der Waals surface area contributed by atoms with Crippen molar-refractivity contribution < 1.29 is 13.2 Å². The van der Waals surface area contributed by atoms with Crippen LogP contribution in [0.2, 0.25) is 0 Å². The molecule has 0 aromatic carbocycles. The summed E-state index contributed by atoms with van der Waals surface area (Å²) in [5, 5.41) is 0. The Hall–Kier alpha value is -0.930. The highest BCUT2D eigenvalue weighted by molar-refractivity contribution is 5.18. The number of hydrogen-bond acceptors (Lipinski definition) is 1. The molecule has 0 amide bonds. The Balaban J connectivity index is 2.74. The zero-order valence-electron chi connectivity index (χ0n) is 6.73. The summed E-state index contributed by atoms with van der Waals surface area (Å²) in [5.74, 6) is -1.35. The van der Waals surface area contributed by atoms with Gasteiger partial charge < -0.3 is 4.90 Å². The third kappa shape index (κ3) is 1.81. The third-order valence-electron chi connectivity index (χ3n) is 1.90. The summed E-state index contributed by atoms with van der Waals surface area (Å²) in [4.78, 5) is 1.50. The zero-order valence-corrected chi connectivity index (χ0v) is 6.73. The molecule has 1 atom stereocenters. The van der Waals surface area contributed by atoms with Crippen LogP contribution in [0.15, 0.2) is 24.4 Å². The van der Waals surface area contributed by atoms with Crippen molar-refractivity contribution in [2.75, 3.05) is 13.6 Å². The van der Waals surface area contributed by atoms with E-state index in [1.54, 1.807) is 7.05 Å². The number of rotatable bonds is 0. The van der Waals surface area contributed by atoms with E-state index < -0.39 is 12.1 Å². The molecule has 0 radical (unpaired) electrons. The van der Waals surface area contributed by atoms with E-state index in [9.17, 15) is 13.2 Å². The van der Waals surface area contributed by atoms with Crippen LogP contribution < -0.4 is 0 Å².